The van der Waals surface area contributed by atoms with Crippen molar-refractivity contribution >= 4 is 17.5 Å². The molecule has 0 spiro atoms. The molecular weight excluding hydrogens is 373 g/mol. The molecule has 0 bridgehead atoms. The van der Waals surface area contributed by atoms with Crippen molar-refractivity contribution < 1.29 is 27.4 Å². The summed E-state index contributed by atoms with van der Waals surface area (Å²) in [5, 5.41) is 2.55. The fourth-order valence-corrected chi connectivity index (χ4v) is 2.88. The minimum Gasteiger partial charge on any atom is -0.467 e. The molecule has 1 saturated carbocycles. The molecule has 1 fully saturated rings. The van der Waals surface area contributed by atoms with Crippen LogP contribution in [0.4, 0.5) is 13.2 Å². The van der Waals surface area contributed by atoms with E-state index in [9.17, 15) is 18.0 Å². The molecule has 0 unspecified atom stereocenters. The van der Waals surface area contributed by atoms with Gasteiger partial charge in [-0.25, -0.2) is 4.98 Å². The number of hydrogen-bond donors (Lipinski definition) is 1. The summed E-state index contributed by atoms with van der Waals surface area (Å²) in [6.45, 7) is -0.490. The van der Waals surface area contributed by atoms with Crippen molar-refractivity contribution in [1.82, 2.24) is 10.3 Å². The standard InChI is InChI=1S/C17H22ClF3N2O3/c18-14-9-12(10-23-16(14)26-11-17(19,20)21)15(24)22-7-4-8-25-13-5-2-1-3-6-13/h9-10,13H,1-8,11H2,(H,22,24). The van der Waals surface area contributed by atoms with E-state index in [1.165, 1.54) is 25.3 Å². The van der Waals surface area contributed by atoms with Crippen LogP contribution in [0.2, 0.25) is 5.02 Å². The van der Waals surface area contributed by atoms with Crippen molar-refractivity contribution in [2.75, 3.05) is 19.8 Å². The molecule has 26 heavy (non-hydrogen) atoms. The molecule has 146 valence electrons. The van der Waals surface area contributed by atoms with Crippen LogP contribution in [0.25, 0.3) is 0 Å². The Kier molecular flexibility index (Phi) is 7.96. The lowest BCUT2D eigenvalue weighted by Gasteiger charge is -2.21. The number of ether oxygens (including phenoxy) is 2. The molecule has 1 amide bonds. The van der Waals surface area contributed by atoms with Crippen molar-refractivity contribution in [3.05, 3.63) is 22.8 Å². The Morgan fingerprint density at radius 3 is 2.69 bits per heavy atom. The number of amides is 1. The number of nitrogens with zero attached hydrogens (tertiary/aromatic N) is 1. The summed E-state index contributed by atoms with van der Waals surface area (Å²) in [6.07, 6.45) is 3.52. The first-order chi connectivity index (χ1) is 12.3. The predicted octanol–water partition coefficient (Wildman–Crippen LogP) is 4.15. The molecule has 0 aliphatic heterocycles. The summed E-state index contributed by atoms with van der Waals surface area (Å²) in [6, 6.07) is 1.23. The number of rotatable bonds is 8. The van der Waals surface area contributed by atoms with Crippen molar-refractivity contribution in [2.45, 2.75) is 50.8 Å². The highest BCUT2D eigenvalue weighted by Crippen LogP contribution is 2.25. The van der Waals surface area contributed by atoms with Crippen molar-refractivity contribution in [3.63, 3.8) is 0 Å². The molecule has 0 saturated heterocycles. The molecule has 1 N–H and O–H groups in total. The first-order valence-corrected chi connectivity index (χ1v) is 8.98. The van der Waals surface area contributed by atoms with Gasteiger partial charge < -0.3 is 14.8 Å². The smallest absolute Gasteiger partial charge is 0.422 e. The Morgan fingerprint density at radius 1 is 1.31 bits per heavy atom. The fourth-order valence-electron chi connectivity index (χ4n) is 2.66. The Morgan fingerprint density at radius 2 is 2.04 bits per heavy atom. The Hall–Kier alpha value is -1.54. The van der Waals surface area contributed by atoms with E-state index in [1.54, 1.807) is 0 Å². The highest BCUT2D eigenvalue weighted by atomic mass is 35.5. The molecule has 9 heteroatoms. The number of halogens is 4. The van der Waals surface area contributed by atoms with Gasteiger partial charge in [0.15, 0.2) is 6.61 Å². The molecule has 2 rings (SSSR count). The zero-order chi connectivity index (χ0) is 19.0. The predicted molar refractivity (Wildman–Crippen MR) is 90.6 cm³/mol. The Balaban J connectivity index is 1.70. The number of carbonyl (C=O) groups is 1. The quantitative estimate of drug-likeness (QED) is 0.673. The van der Waals surface area contributed by atoms with Gasteiger partial charge in [0, 0.05) is 19.3 Å². The topological polar surface area (TPSA) is 60.5 Å². The normalized spacial score (nSPS) is 15.7. The number of nitrogens with one attached hydrogen (secondary N) is 1. The molecular formula is C17H22ClF3N2O3. The maximum Gasteiger partial charge on any atom is 0.422 e. The van der Waals surface area contributed by atoms with E-state index in [0.717, 1.165) is 19.0 Å². The fraction of sp³-hybridized carbons (Fsp3) is 0.647. The summed E-state index contributed by atoms with van der Waals surface area (Å²) < 4.78 is 46.7. The van der Waals surface area contributed by atoms with Crippen LogP contribution >= 0.6 is 11.6 Å². The van der Waals surface area contributed by atoms with Crippen LogP contribution in [0.5, 0.6) is 5.88 Å². The number of pyridine rings is 1. The summed E-state index contributed by atoms with van der Waals surface area (Å²) in [7, 11) is 0. The van der Waals surface area contributed by atoms with E-state index < -0.39 is 18.7 Å². The van der Waals surface area contributed by atoms with E-state index in [2.05, 4.69) is 15.0 Å². The van der Waals surface area contributed by atoms with E-state index >= 15 is 0 Å². The highest BCUT2D eigenvalue weighted by molar-refractivity contribution is 6.32. The molecule has 0 atom stereocenters. The zero-order valence-electron chi connectivity index (χ0n) is 14.3. The summed E-state index contributed by atoms with van der Waals surface area (Å²) in [5.41, 5.74) is 0.155. The number of aromatic nitrogens is 1. The zero-order valence-corrected chi connectivity index (χ0v) is 15.0. The molecule has 1 aromatic rings. The molecule has 5 nitrogen and oxygen atoms in total. The first kappa shape index (κ1) is 20.8. The average Bonchev–Trinajstić information content (AvgIpc) is 2.60. The lowest BCUT2D eigenvalue weighted by atomic mass is 9.98. The number of hydrogen-bond acceptors (Lipinski definition) is 4. The Labute approximate surface area is 155 Å². The second kappa shape index (κ2) is 9.97. The van der Waals surface area contributed by atoms with Crippen LogP contribution < -0.4 is 10.1 Å². The highest BCUT2D eigenvalue weighted by Gasteiger charge is 2.29. The third-order valence-electron chi connectivity index (χ3n) is 3.95. The second-order valence-corrected chi connectivity index (χ2v) is 6.56. The van der Waals surface area contributed by atoms with Gasteiger partial charge in [0.05, 0.1) is 11.7 Å². The molecule has 0 aromatic carbocycles. The maximum absolute atomic E-state index is 12.1. The van der Waals surface area contributed by atoms with Crippen LogP contribution in [-0.4, -0.2) is 42.9 Å². The van der Waals surface area contributed by atoms with Gasteiger partial charge in [-0.15, -0.1) is 0 Å². The molecule has 1 aliphatic rings. The van der Waals surface area contributed by atoms with Gasteiger partial charge in [-0.05, 0) is 25.3 Å². The third kappa shape index (κ3) is 7.37. The SMILES string of the molecule is O=C(NCCCOC1CCCCC1)c1cnc(OCC(F)(F)F)c(Cl)c1. The van der Waals surface area contributed by atoms with Crippen LogP contribution in [-0.2, 0) is 4.74 Å². The van der Waals surface area contributed by atoms with Gasteiger partial charge >= 0.3 is 6.18 Å². The van der Waals surface area contributed by atoms with Crippen LogP contribution in [0.3, 0.4) is 0 Å². The molecule has 1 heterocycles. The molecule has 0 radical (unpaired) electrons. The summed E-state index contributed by atoms with van der Waals surface area (Å²) in [5.74, 6) is -0.763. The van der Waals surface area contributed by atoms with Crippen molar-refractivity contribution in [3.8, 4) is 5.88 Å². The molecule has 1 aromatic heterocycles. The minimum atomic E-state index is -4.49. The minimum absolute atomic E-state index is 0.150. The monoisotopic (exact) mass is 394 g/mol. The first-order valence-electron chi connectivity index (χ1n) is 8.60. The number of carbonyl (C=O) groups excluding carboxylic acids is 1. The number of alkyl halides is 3. The Bertz CT molecular complexity index is 593. The van der Waals surface area contributed by atoms with Gasteiger partial charge in [0.1, 0.15) is 5.02 Å². The lowest BCUT2D eigenvalue weighted by Crippen LogP contribution is -2.26. The lowest BCUT2D eigenvalue weighted by molar-refractivity contribution is -0.154. The van der Waals surface area contributed by atoms with E-state index in [4.69, 9.17) is 16.3 Å². The van der Waals surface area contributed by atoms with Gasteiger partial charge in [-0.3, -0.25) is 4.79 Å². The second-order valence-electron chi connectivity index (χ2n) is 6.16. The average molecular weight is 395 g/mol. The van der Waals surface area contributed by atoms with Crippen molar-refractivity contribution in [2.24, 2.45) is 0 Å². The summed E-state index contributed by atoms with van der Waals surface area (Å²) >= 11 is 5.82. The third-order valence-corrected chi connectivity index (χ3v) is 4.23. The van der Waals surface area contributed by atoms with E-state index in [-0.39, 0.29) is 16.5 Å². The van der Waals surface area contributed by atoms with E-state index in [0.29, 0.717) is 25.7 Å². The van der Waals surface area contributed by atoms with Gasteiger partial charge in [-0.2, -0.15) is 13.2 Å². The van der Waals surface area contributed by atoms with Crippen LogP contribution in [0, 0.1) is 0 Å². The van der Waals surface area contributed by atoms with Gasteiger partial charge in [0.2, 0.25) is 5.88 Å². The largest absolute Gasteiger partial charge is 0.467 e. The van der Waals surface area contributed by atoms with Gasteiger partial charge in [0.25, 0.3) is 5.91 Å². The maximum atomic E-state index is 12.1. The van der Waals surface area contributed by atoms with E-state index in [1.807, 2.05) is 0 Å². The van der Waals surface area contributed by atoms with Crippen LogP contribution in [0.1, 0.15) is 48.9 Å². The molecule has 1 aliphatic carbocycles. The van der Waals surface area contributed by atoms with Crippen LogP contribution in [0.15, 0.2) is 12.3 Å². The van der Waals surface area contributed by atoms with Crippen molar-refractivity contribution in [1.29, 1.82) is 0 Å². The van der Waals surface area contributed by atoms with Gasteiger partial charge in [-0.1, -0.05) is 30.9 Å². The summed E-state index contributed by atoms with van der Waals surface area (Å²) in [4.78, 5) is 15.7.